The van der Waals surface area contributed by atoms with Crippen molar-refractivity contribution in [2.75, 3.05) is 27.2 Å². The number of benzene rings is 1. The third kappa shape index (κ3) is 5.27. The Morgan fingerprint density at radius 2 is 2.04 bits per heavy atom. The number of rotatable bonds is 6. The number of thiazole rings is 1. The average Bonchev–Trinajstić information content (AvgIpc) is 2.92. The van der Waals surface area contributed by atoms with Crippen LogP contribution in [-0.4, -0.2) is 43.0 Å². The number of hydrogen-bond acceptors (Lipinski definition) is 4. The zero-order chi connectivity index (χ0) is 18.6. The van der Waals surface area contributed by atoms with E-state index in [9.17, 15) is 18.0 Å². The minimum atomic E-state index is -4.41. The Morgan fingerprint density at radius 1 is 1.32 bits per heavy atom. The van der Waals surface area contributed by atoms with Gasteiger partial charge in [-0.2, -0.15) is 13.2 Å². The first-order chi connectivity index (χ1) is 11.7. The lowest BCUT2D eigenvalue weighted by Crippen LogP contribution is -2.26. The number of nitrogens with zero attached hydrogens (tertiary/aromatic N) is 2. The molecule has 0 aliphatic carbocycles. The van der Waals surface area contributed by atoms with Crippen LogP contribution in [0, 0.1) is 6.92 Å². The number of halogens is 3. The zero-order valence-electron chi connectivity index (χ0n) is 14.3. The molecule has 0 saturated heterocycles. The Morgan fingerprint density at radius 3 is 2.68 bits per heavy atom. The lowest BCUT2D eigenvalue weighted by molar-refractivity contribution is -0.137. The summed E-state index contributed by atoms with van der Waals surface area (Å²) < 4.78 is 38.5. The quantitative estimate of drug-likeness (QED) is 0.785. The summed E-state index contributed by atoms with van der Waals surface area (Å²) in [5, 5.41) is 3.23. The fraction of sp³-hybridized carbons (Fsp3) is 0.412. The van der Waals surface area contributed by atoms with Gasteiger partial charge < -0.3 is 10.2 Å². The number of carbonyl (C=O) groups is 1. The number of carbonyl (C=O) groups excluding carboxylic acids is 1. The second-order valence-corrected chi connectivity index (χ2v) is 6.92. The van der Waals surface area contributed by atoms with E-state index in [2.05, 4.69) is 10.3 Å². The van der Waals surface area contributed by atoms with Gasteiger partial charge in [0.25, 0.3) is 5.91 Å². The van der Waals surface area contributed by atoms with Crippen LogP contribution in [0.5, 0.6) is 0 Å². The van der Waals surface area contributed by atoms with Crippen LogP contribution in [-0.2, 0) is 6.18 Å². The Balaban J connectivity index is 2.13. The maximum Gasteiger partial charge on any atom is 0.416 e. The molecule has 4 nitrogen and oxygen atoms in total. The van der Waals surface area contributed by atoms with Gasteiger partial charge in [-0.25, -0.2) is 4.98 Å². The molecular weight excluding hydrogens is 351 g/mol. The van der Waals surface area contributed by atoms with Crippen molar-refractivity contribution >= 4 is 17.2 Å². The third-order valence-corrected chi connectivity index (χ3v) is 4.71. The van der Waals surface area contributed by atoms with Crippen LogP contribution in [0.2, 0.25) is 0 Å². The molecule has 25 heavy (non-hydrogen) atoms. The standard InChI is InChI=1S/C17H20F3N3OS/c1-11-14(15(24)21-8-5-9-23(2)3)25-16(22-11)12-6-4-7-13(10-12)17(18,19)20/h4,6-7,10H,5,8-9H2,1-3H3,(H,21,24). The highest BCUT2D eigenvalue weighted by Gasteiger charge is 2.30. The first-order valence-electron chi connectivity index (χ1n) is 7.76. The molecule has 0 aliphatic heterocycles. The van der Waals surface area contributed by atoms with Gasteiger partial charge in [0.15, 0.2) is 0 Å². The van der Waals surface area contributed by atoms with Gasteiger partial charge >= 0.3 is 6.18 Å². The highest BCUT2D eigenvalue weighted by molar-refractivity contribution is 7.17. The fourth-order valence-electron chi connectivity index (χ4n) is 2.24. The molecule has 1 N–H and O–H groups in total. The van der Waals surface area contributed by atoms with Crippen molar-refractivity contribution in [3.8, 4) is 10.6 Å². The summed E-state index contributed by atoms with van der Waals surface area (Å²) in [6.07, 6.45) is -3.59. The number of aryl methyl sites for hydroxylation is 1. The summed E-state index contributed by atoms with van der Waals surface area (Å²) >= 11 is 1.10. The van der Waals surface area contributed by atoms with Crippen molar-refractivity contribution in [3.05, 3.63) is 40.4 Å². The molecule has 0 radical (unpaired) electrons. The highest BCUT2D eigenvalue weighted by Crippen LogP contribution is 2.34. The van der Waals surface area contributed by atoms with E-state index in [4.69, 9.17) is 0 Å². The average molecular weight is 371 g/mol. The molecule has 1 heterocycles. The Bertz CT molecular complexity index is 741. The first kappa shape index (κ1) is 19.4. The largest absolute Gasteiger partial charge is 0.416 e. The second-order valence-electron chi connectivity index (χ2n) is 5.92. The van der Waals surface area contributed by atoms with Gasteiger partial charge in [0.05, 0.1) is 11.3 Å². The monoisotopic (exact) mass is 371 g/mol. The van der Waals surface area contributed by atoms with Crippen LogP contribution in [0.3, 0.4) is 0 Å². The van der Waals surface area contributed by atoms with Gasteiger partial charge in [0.1, 0.15) is 9.88 Å². The zero-order valence-corrected chi connectivity index (χ0v) is 15.1. The molecular formula is C17H20F3N3OS. The molecule has 2 aromatic rings. The maximum atomic E-state index is 12.8. The molecule has 0 atom stereocenters. The van der Waals surface area contributed by atoms with Crippen molar-refractivity contribution in [1.82, 2.24) is 15.2 Å². The van der Waals surface area contributed by atoms with Crippen LogP contribution in [0.4, 0.5) is 13.2 Å². The van der Waals surface area contributed by atoms with Gasteiger partial charge in [-0.3, -0.25) is 4.79 Å². The van der Waals surface area contributed by atoms with Crippen molar-refractivity contribution < 1.29 is 18.0 Å². The number of amides is 1. The van der Waals surface area contributed by atoms with E-state index in [-0.39, 0.29) is 5.91 Å². The summed E-state index contributed by atoms with van der Waals surface area (Å²) in [5.41, 5.74) is 0.143. The summed E-state index contributed by atoms with van der Waals surface area (Å²) in [6, 6.07) is 4.97. The summed E-state index contributed by atoms with van der Waals surface area (Å²) in [5.74, 6) is -0.244. The van der Waals surface area contributed by atoms with E-state index in [1.807, 2.05) is 19.0 Å². The minimum absolute atomic E-state index is 0.244. The highest BCUT2D eigenvalue weighted by atomic mass is 32.1. The van der Waals surface area contributed by atoms with Crippen LogP contribution >= 0.6 is 11.3 Å². The Labute approximate surface area is 148 Å². The van der Waals surface area contributed by atoms with Crippen molar-refractivity contribution in [3.63, 3.8) is 0 Å². The van der Waals surface area contributed by atoms with E-state index in [1.165, 1.54) is 6.07 Å². The van der Waals surface area contributed by atoms with Gasteiger partial charge in [-0.15, -0.1) is 11.3 Å². The number of hydrogen-bond donors (Lipinski definition) is 1. The Kier molecular flexibility index (Phi) is 6.18. The maximum absolute atomic E-state index is 12.8. The molecule has 1 aromatic heterocycles. The van der Waals surface area contributed by atoms with E-state index >= 15 is 0 Å². The second kappa shape index (κ2) is 7.97. The molecule has 0 saturated carbocycles. The van der Waals surface area contributed by atoms with E-state index in [1.54, 1.807) is 13.0 Å². The molecule has 1 amide bonds. The molecule has 0 spiro atoms. The van der Waals surface area contributed by atoms with E-state index in [0.717, 1.165) is 36.4 Å². The topological polar surface area (TPSA) is 45.2 Å². The summed E-state index contributed by atoms with van der Waals surface area (Å²) in [7, 11) is 3.91. The molecule has 0 fully saturated rings. The van der Waals surface area contributed by atoms with Crippen molar-refractivity contribution in [2.45, 2.75) is 19.5 Å². The Hall–Kier alpha value is -1.93. The van der Waals surface area contributed by atoms with Gasteiger partial charge in [-0.1, -0.05) is 12.1 Å². The number of nitrogens with one attached hydrogen (secondary N) is 1. The van der Waals surface area contributed by atoms with E-state index in [0.29, 0.717) is 27.7 Å². The lowest BCUT2D eigenvalue weighted by Gasteiger charge is -2.09. The third-order valence-electron chi connectivity index (χ3n) is 3.51. The minimum Gasteiger partial charge on any atom is -0.351 e. The molecule has 0 unspecified atom stereocenters. The predicted octanol–water partition coefficient (Wildman–Crippen LogP) is 3.82. The lowest BCUT2D eigenvalue weighted by atomic mass is 10.1. The van der Waals surface area contributed by atoms with Crippen LogP contribution < -0.4 is 5.32 Å². The molecule has 1 aromatic carbocycles. The summed E-state index contributed by atoms with van der Waals surface area (Å²) in [4.78, 5) is 19.0. The van der Waals surface area contributed by atoms with Crippen molar-refractivity contribution in [1.29, 1.82) is 0 Å². The first-order valence-corrected chi connectivity index (χ1v) is 8.58. The molecule has 2 rings (SSSR count). The number of alkyl halides is 3. The van der Waals surface area contributed by atoms with Gasteiger partial charge in [-0.05, 0) is 46.1 Å². The SMILES string of the molecule is Cc1nc(-c2cccc(C(F)(F)F)c2)sc1C(=O)NCCCN(C)C. The smallest absolute Gasteiger partial charge is 0.351 e. The molecule has 0 aliphatic rings. The van der Waals surface area contributed by atoms with Crippen LogP contribution in [0.1, 0.15) is 27.3 Å². The molecule has 0 bridgehead atoms. The van der Waals surface area contributed by atoms with E-state index < -0.39 is 11.7 Å². The van der Waals surface area contributed by atoms with Gasteiger partial charge in [0, 0.05) is 12.1 Å². The molecule has 136 valence electrons. The van der Waals surface area contributed by atoms with Gasteiger partial charge in [0.2, 0.25) is 0 Å². The van der Waals surface area contributed by atoms with Crippen LogP contribution in [0.15, 0.2) is 24.3 Å². The number of aromatic nitrogens is 1. The fourth-order valence-corrected chi connectivity index (χ4v) is 3.22. The normalized spacial score (nSPS) is 11.8. The summed E-state index contributed by atoms with van der Waals surface area (Å²) in [6.45, 7) is 3.08. The predicted molar refractivity (Wildman–Crippen MR) is 92.8 cm³/mol. The van der Waals surface area contributed by atoms with Crippen molar-refractivity contribution in [2.24, 2.45) is 0 Å². The van der Waals surface area contributed by atoms with Crippen LogP contribution in [0.25, 0.3) is 10.6 Å². The molecule has 8 heteroatoms.